The number of ketones is 2. The van der Waals surface area contributed by atoms with Crippen molar-refractivity contribution >= 4 is 46.5 Å². The second kappa shape index (κ2) is 14.5. The molecule has 2 saturated heterocycles. The summed E-state index contributed by atoms with van der Waals surface area (Å²) >= 11 is 0. The highest BCUT2D eigenvalue weighted by Gasteiger charge is 2.46. The molecular weight excluding hydrogens is 636 g/mol. The number of aromatic nitrogens is 3. The number of nitrogens with one attached hydrogen (secondary N) is 2. The van der Waals surface area contributed by atoms with Gasteiger partial charge in [-0.3, -0.25) is 29.4 Å². The van der Waals surface area contributed by atoms with Crippen LogP contribution >= 0.6 is 0 Å². The quantitative estimate of drug-likeness (QED) is 0.238. The van der Waals surface area contributed by atoms with Crippen molar-refractivity contribution in [2.75, 3.05) is 61.5 Å². The van der Waals surface area contributed by atoms with Gasteiger partial charge in [-0.1, -0.05) is 25.0 Å². The number of piperidine rings is 1. The van der Waals surface area contributed by atoms with Gasteiger partial charge in [0.25, 0.3) is 0 Å². The predicted molar refractivity (Wildman–Crippen MR) is 188 cm³/mol. The normalized spacial score (nSPS) is 23.1. The van der Waals surface area contributed by atoms with Crippen molar-refractivity contribution in [1.82, 2.24) is 25.2 Å². The Morgan fingerprint density at radius 1 is 0.960 bits per heavy atom. The number of likely N-dealkylation sites (N-methyl/N-ethyl adjacent to an activating group) is 1. The maximum absolute atomic E-state index is 13.6. The average Bonchev–Trinajstić information content (AvgIpc) is 3.64. The van der Waals surface area contributed by atoms with Gasteiger partial charge in [0.1, 0.15) is 24.2 Å². The highest BCUT2D eigenvalue weighted by molar-refractivity contribution is 6.12. The van der Waals surface area contributed by atoms with Gasteiger partial charge in [0, 0.05) is 46.2 Å². The largest absolute Gasteiger partial charge is 0.492 e. The molecule has 2 amide bonds. The molecule has 1 saturated carbocycles. The number of nitrogens with zero attached hydrogens (tertiary/aromatic N) is 6. The second-order valence-corrected chi connectivity index (χ2v) is 13.8. The molecule has 3 unspecified atom stereocenters. The number of rotatable bonds is 10. The number of fused-ring (bicyclic) bond motifs is 1. The lowest BCUT2D eigenvalue weighted by atomic mass is 9.77. The molecule has 2 aromatic heterocycles. The molecule has 1 aromatic carbocycles. The summed E-state index contributed by atoms with van der Waals surface area (Å²) in [6.07, 6.45) is 8.58. The molecule has 262 valence electrons. The standard InChI is InChI=1S/C37H44N8O5/c1-23(46)34-35(48)32(25-5-3-4-6-25)33-29(43(34)2)22-39-37(42-33)40-30-13-9-26(21-38-30)45-17-15-44(16-18-45)19-20-50-27-10-7-24(8-11-27)28-12-14-31(47)41-36(28)49/h7-11,13,21-22,25,28,32,34H,3-6,12,14-20H2,1-2H3,(H,41,47,49)(H,38,39,40,42). The molecule has 50 heavy (non-hydrogen) atoms. The molecule has 3 fully saturated rings. The molecule has 0 bridgehead atoms. The van der Waals surface area contributed by atoms with E-state index in [4.69, 9.17) is 9.72 Å². The van der Waals surface area contributed by atoms with Gasteiger partial charge in [0.05, 0.1) is 41.3 Å². The smallest absolute Gasteiger partial charge is 0.234 e. The van der Waals surface area contributed by atoms with Crippen LogP contribution in [-0.2, 0) is 19.2 Å². The van der Waals surface area contributed by atoms with Gasteiger partial charge in [-0.15, -0.1) is 0 Å². The number of benzene rings is 1. The van der Waals surface area contributed by atoms with Crippen molar-refractivity contribution in [1.29, 1.82) is 0 Å². The SMILES string of the molecule is CC(=O)C1C(=O)C(C2CCCC2)c2nc(Nc3ccc(N4CCN(CCOc5ccc(C6CCC(=O)NC6=O)cc5)CC4)cn3)ncc2N1C. The van der Waals surface area contributed by atoms with E-state index in [2.05, 4.69) is 30.4 Å². The fourth-order valence-corrected chi connectivity index (χ4v) is 7.90. The Kier molecular flexibility index (Phi) is 9.75. The van der Waals surface area contributed by atoms with Crippen molar-refractivity contribution in [2.45, 2.75) is 63.3 Å². The van der Waals surface area contributed by atoms with Crippen LogP contribution in [0.4, 0.5) is 23.1 Å². The fourth-order valence-electron chi connectivity index (χ4n) is 7.90. The first-order valence-electron chi connectivity index (χ1n) is 17.7. The number of Topliss-reactive ketones (excluding diaryl/α,β-unsaturated/α-hetero) is 2. The summed E-state index contributed by atoms with van der Waals surface area (Å²) in [6.45, 7) is 6.40. The van der Waals surface area contributed by atoms with Crippen LogP contribution in [0.25, 0.3) is 0 Å². The number of imide groups is 1. The summed E-state index contributed by atoms with van der Waals surface area (Å²) in [4.78, 5) is 70.1. The van der Waals surface area contributed by atoms with Gasteiger partial charge >= 0.3 is 0 Å². The van der Waals surface area contributed by atoms with E-state index >= 15 is 0 Å². The first kappa shape index (κ1) is 33.6. The molecule has 5 heterocycles. The predicted octanol–water partition coefficient (Wildman–Crippen LogP) is 3.59. The van der Waals surface area contributed by atoms with Crippen LogP contribution in [0.15, 0.2) is 48.8 Å². The monoisotopic (exact) mass is 680 g/mol. The summed E-state index contributed by atoms with van der Waals surface area (Å²) in [6, 6.07) is 10.7. The number of hydrogen-bond donors (Lipinski definition) is 2. The van der Waals surface area contributed by atoms with Crippen LogP contribution in [0.2, 0.25) is 0 Å². The number of hydrogen-bond acceptors (Lipinski definition) is 12. The van der Waals surface area contributed by atoms with Crippen molar-refractivity contribution in [2.24, 2.45) is 5.92 Å². The van der Waals surface area contributed by atoms with Crippen LogP contribution in [0.1, 0.15) is 68.5 Å². The summed E-state index contributed by atoms with van der Waals surface area (Å²) in [5.41, 5.74) is 3.37. The molecular formula is C37H44N8O5. The van der Waals surface area contributed by atoms with Gasteiger partial charge < -0.3 is 19.9 Å². The molecule has 0 radical (unpaired) electrons. The molecule has 13 heteroatoms. The lowest BCUT2D eigenvalue weighted by molar-refractivity contribution is -0.134. The second-order valence-electron chi connectivity index (χ2n) is 13.8. The van der Waals surface area contributed by atoms with E-state index < -0.39 is 12.0 Å². The number of amides is 2. The number of carbonyl (C=O) groups excluding carboxylic acids is 4. The van der Waals surface area contributed by atoms with Crippen LogP contribution < -0.4 is 25.2 Å². The molecule has 2 N–H and O–H groups in total. The first-order valence-corrected chi connectivity index (χ1v) is 17.7. The Balaban J connectivity index is 0.902. The van der Waals surface area contributed by atoms with E-state index in [1.165, 1.54) is 6.92 Å². The van der Waals surface area contributed by atoms with E-state index in [1.807, 2.05) is 42.6 Å². The zero-order valence-corrected chi connectivity index (χ0v) is 28.6. The average molecular weight is 681 g/mol. The summed E-state index contributed by atoms with van der Waals surface area (Å²) in [7, 11) is 1.77. The Bertz CT molecular complexity index is 1740. The first-order chi connectivity index (χ1) is 24.2. The molecule has 3 aliphatic heterocycles. The van der Waals surface area contributed by atoms with E-state index in [9.17, 15) is 19.2 Å². The number of carbonyl (C=O) groups is 4. The Morgan fingerprint density at radius 3 is 2.40 bits per heavy atom. The Labute approximate surface area is 291 Å². The van der Waals surface area contributed by atoms with Crippen LogP contribution in [0.5, 0.6) is 5.75 Å². The maximum atomic E-state index is 13.6. The van der Waals surface area contributed by atoms with Crippen molar-refractivity contribution in [3.63, 3.8) is 0 Å². The van der Waals surface area contributed by atoms with Crippen molar-refractivity contribution in [3.05, 3.63) is 60.0 Å². The third-order valence-electron chi connectivity index (χ3n) is 10.6. The minimum Gasteiger partial charge on any atom is -0.492 e. The van der Waals surface area contributed by atoms with E-state index in [1.54, 1.807) is 18.1 Å². The zero-order chi connectivity index (χ0) is 34.8. The molecule has 13 nitrogen and oxygen atoms in total. The topological polar surface area (TPSA) is 150 Å². The lowest BCUT2D eigenvalue weighted by Crippen LogP contribution is -2.51. The maximum Gasteiger partial charge on any atom is 0.234 e. The summed E-state index contributed by atoms with van der Waals surface area (Å²) in [5.74, 6) is 0.603. The Morgan fingerprint density at radius 2 is 1.72 bits per heavy atom. The van der Waals surface area contributed by atoms with Gasteiger partial charge in [0.2, 0.25) is 17.8 Å². The third-order valence-corrected chi connectivity index (χ3v) is 10.6. The van der Waals surface area contributed by atoms with Crippen LogP contribution in [0.3, 0.4) is 0 Å². The molecule has 3 atom stereocenters. The number of ether oxygens (including phenoxy) is 1. The van der Waals surface area contributed by atoms with Crippen molar-refractivity contribution < 1.29 is 23.9 Å². The minimum absolute atomic E-state index is 0.0579. The molecule has 1 aliphatic carbocycles. The van der Waals surface area contributed by atoms with Gasteiger partial charge in [-0.2, -0.15) is 0 Å². The molecule has 3 aromatic rings. The molecule has 4 aliphatic rings. The highest BCUT2D eigenvalue weighted by atomic mass is 16.5. The minimum atomic E-state index is -0.794. The van der Waals surface area contributed by atoms with Gasteiger partial charge in [-0.25, -0.2) is 15.0 Å². The van der Waals surface area contributed by atoms with E-state index in [-0.39, 0.29) is 35.2 Å². The molecule has 7 rings (SSSR count). The lowest BCUT2D eigenvalue weighted by Gasteiger charge is -2.38. The van der Waals surface area contributed by atoms with E-state index in [0.29, 0.717) is 36.9 Å². The highest BCUT2D eigenvalue weighted by Crippen LogP contribution is 2.44. The van der Waals surface area contributed by atoms with Crippen LogP contribution in [-0.4, -0.2) is 95.7 Å². The summed E-state index contributed by atoms with van der Waals surface area (Å²) < 4.78 is 5.99. The van der Waals surface area contributed by atoms with Gasteiger partial charge in [0.15, 0.2) is 11.6 Å². The zero-order valence-electron chi connectivity index (χ0n) is 28.6. The van der Waals surface area contributed by atoms with E-state index in [0.717, 1.165) is 81.1 Å². The Hall–Kier alpha value is -4.91. The third kappa shape index (κ3) is 7.05. The number of pyridine rings is 1. The summed E-state index contributed by atoms with van der Waals surface area (Å²) in [5, 5.41) is 5.64. The molecule has 0 spiro atoms. The number of anilines is 4. The van der Waals surface area contributed by atoms with Gasteiger partial charge in [-0.05, 0) is 61.9 Å². The fraction of sp³-hybridized carbons (Fsp3) is 0.486. The number of piperazine rings is 1. The van der Waals surface area contributed by atoms with Crippen LogP contribution in [0, 0.1) is 5.92 Å². The van der Waals surface area contributed by atoms with Crippen molar-refractivity contribution in [3.8, 4) is 5.75 Å².